The summed E-state index contributed by atoms with van der Waals surface area (Å²) in [5, 5.41) is 1.36. The number of aryl methyl sites for hydroxylation is 1. The average Bonchev–Trinajstić information content (AvgIpc) is 3.24. The van der Waals surface area contributed by atoms with Gasteiger partial charge in [0.15, 0.2) is 6.23 Å². The van der Waals surface area contributed by atoms with Crippen LogP contribution in [0.5, 0.6) is 0 Å². The Morgan fingerprint density at radius 3 is 2.27 bits per heavy atom. The van der Waals surface area contributed by atoms with Gasteiger partial charge in [0.2, 0.25) is 0 Å². The van der Waals surface area contributed by atoms with Crippen LogP contribution < -0.4 is 0 Å². The second-order valence-electron chi connectivity index (χ2n) is 9.59. The first kappa shape index (κ1) is 20.9. The van der Waals surface area contributed by atoms with E-state index in [0.717, 1.165) is 5.56 Å². The van der Waals surface area contributed by atoms with Gasteiger partial charge in [-0.15, -0.1) is 0 Å². The number of hydrogen-bond acceptors (Lipinski definition) is 2. The topological polar surface area (TPSA) is 32.8 Å². The van der Waals surface area contributed by atoms with Crippen molar-refractivity contribution < 1.29 is 9.53 Å². The van der Waals surface area contributed by atoms with E-state index in [-0.39, 0.29) is 30.4 Å². The lowest BCUT2D eigenvalue weighted by Crippen LogP contribution is -2.39. The van der Waals surface area contributed by atoms with E-state index < -0.39 is 8.07 Å². The van der Waals surface area contributed by atoms with E-state index in [0.29, 0.717) is 0 Å². The number of ether oxygens (including phenoxy) is 1. The van der Waals surface area contributed by atoms with Gasteiger partial charge in [-0.3, -0.25) is 4.90 Å². The van der Waals surface area contributed by atoms with Gasteiger partial charge >= 0.3 is 6.03 Å². The van der Waals surface area contributed by atoms with Crippen molar-refractivity contribution in [1.82, 2.24) is 9.80 Å². The van der Waals surface area contributed by atoms with E-state index in [1.165, 1.54) is 16.3 Å². The van der Waals surface area contributed by atoms with E-state index in [1.54, 1.807) is 0 Å². The van der Waals surface area contributed by atoms with E-state index in [2.05, 4.69) is 76.0 Å². The number of amides is 2. The first-order valence-corrected chi connectivity index (χ1v) is 14.2. The minimum atomic E-state index is -1.65. The maximum atomic E-state index is 13.3. The first-order chi connectivity index (χ1) is 14.2. The Morgan fingerprint density at radius 2 is 1.63 bits per heavy atom. The summed E-state index contributed by atoms with van der Waals surface area (Å²) in [7, 11) is 0.235. The van der Waals surface area contributed by atoms with E-state index in [4.69, 9.17) is 4.74 Å². The fraction of sp³-hybridized carbons (Fsp3) is 0.400. The molecule has 0 N–H and O–H groups in total. The van der Waals surface area contributed by atoms with Crippen molar-refractivity contribution in [3.8, 4) is 0 Å². The van der Waals surface area contributed by atoms with Crippen LogP contribution in [-0.2, 0) is 4.74 Å². The highest BCUT2D eigenvalue weighted by Gasteiger charge is 2.48. The molecule has 1 saturated heterocycles. The second-order valence-corrected chi connectivity index (χ2v) is 14.7. The molecule has 4 rings (SSSR count). The molecule has 158 valence electrons. The molecule has 2 heterocycles. The van der Waals surface area contributed by atoms with Gasteiger partial charge in [0.1, 0.15) is 6.10 Å². The van der Waals surface area contributed by atoms with Gasteiger partial charge in [0.25, 0.3) is 0 Å². The Bertz CT molecular complexity index is 967. The number of nitrogens with zero attached hydrogens (tertiary/aromatic N) is 2. The predicted octanol–water partition coefficient (Wildman–Crippen LogP) is 5.69. The molecule has 30 heavy (non-hydrogen) atoms. The first-order valence-electron chi connectivity index (χ1n) is 10.7. The van der Waals surface area contributed by atoms with Crippen LogP contribution in [0.3, 0.4) is 0 Å². The number of carbonyl (C=O) groups is 1. The van der Waals surface area contributed by atoms with Crippen LogP contribution in [-0.4, -0.2) is 43.2 Å². The number of rotatable bonds is 4. The molecular formula is C25H32N2O2Si. The zero-order chi connectivity index (χ0) is 21.6. The van der Waals surface area contributed by atoms with Crippen molar-refractivity contribution in [2.45, 2.75) is 57.9 Å². The average molecular weight is 421 g/mol. The third-order valence-electron chi connectivity index (χ3n) is 6.40. The number of benzene rings is 2. The molecule has 2 aliphatic rings. The maximum absolute atomic E-state index is 13.3. The van der Waals surface area contributed by atoms with Crippen LogP contribution >= 0.6 is 0 Å². The zero-order valence-electron chi connectivity index (χ0n) is 18.8. The monoisotopic (exact) mass is 420 g/mol. The molecule has 2 aliphatic heterocycles. The van der Waals surface area contributed by atoms with Crippen molar-refractivity contribution in [2.24, 2.45) is 0 Å². The quantitative estimate of drug-likeness (QED) is 0.595. The lowest BCUT2D eigenvalue weighted by molar-refractivity contribution is -0.0302. The Labute approximate surface area is 181 Å². The Kier molecular flexibility index (Phi) is 5.37. The maximum Gasteiger partial charge on any atom is 0.322 e. The lowest BCUT2D eigenvalue weighted by Gasteiger charge is -2.31. The highest BCUT2D eigenvalue weighted by Crippen LogP contribution is 2.44. The van der Waals surface area contributed by atoms with Crippen LogP contribution in [0.4, 0.5) is 4.79 Å². The number of carbonyl (C=O) groups excluding carboxylic acids is 1. The second kappa shape index (κ2) is 7.71. The molecule has 2 aromatic carbocycles. The fourth-order valence-corrected chi connectivity index (χ4v) is 6.31. The third-order valence-corrected chi connectivity index (χ3v) is 8.56. The summed E-state index contributed by atoms with van der Waals surface area (Å²) in [6.45, 7) is 11.3. The molecule has 1 fully saturated rings. The minimum Gasteiger partial charge on any atom is -0.343 e. The van der Waals surface area contributed by atoms with Gasteiger partial charge in [-0.05, 0) is 36.2 Å². The summed E-state index contributed by atoms with van der Waals surface area (Å²) >= 11 is 0. The van der Waals surface area contributed by atoms with Gasteiger partial charge in [-0.2, -0.15) is 0 Å². The van der Waals surface area contributed by atoms with Crippen LogP contribution in [0.1, 0.15) is 35.8 Å². The molecule has 0 bridgehead atoms. The van der Waals surface area contributed by atoms with Crippen molar-refractivity contribution in [2.75, 3.05) is 7.05 Å². The molecule has 4 nitrogen and oxygen atoms in total. The van der Waals surface area contributed by atoms with Crippen molar-refractivity contribution in [3.05, 3.63) is 82.6 Å². The molecular weight excluding hydrogens is 388 g/mol. The van der Waals surface area contributed by atoms with Gasteiger partial charge in [0.05, 0.1) is 20.2 Å². The van der Waals surface area contributed by atoms with Crippen molar-refractivity contribution in [1.29, 1.82) is 0 Å². The molecule has 0 aromatic heterocycles. The summed E-state index contributed by atoms with van der Waals surface area (Å²) in [5.41, 5.74) is 3.55. The standard InChI is InChI=1S/C25H32N2O2Si/c1-17-11-10-14-20(15-17)24-21(30(4,5)6)16-22(29-24)27-23(18(2)26(3)25(27)28)19-12-8-7-9-13-19/h7-16,18,22-24H,1-6H3/t18-,22+,23-,24-/m0/s1. The number of hydrogen-bond donors (Lipinski definition) is 0. The Hall–Kier alpha value is -2.37. The molecule has 0 saturated carbocycles. The van der Waals surface area contributed by atoms with Crippen LogP contribution in [0.25, 0.3) is 0 Å². The minimum absolute atomic E-state index is 0.0254. The van der Waals surface area contributed by atoms with Gasteiger partial charge in [-0.25, -0.2) is 4.79 Å². The molecule has 2 amide bonds. The van der Waals surface area contributed by atoms with Gasteiger partial charge in [0, 0.05) is 7.05 Å². The predicted molar refractivity (Wildman–Crippen MR) is 124 cm³/mol. The molecule has 0 unspecified atom stereocenters. The van der Waals surface area contributed by atoms with Crippen LogP contribution in [0.2, 0.25) is 19.6 Å². The van der Waals surface area contributed by atoms with E-state index in [9.17, 15) is 4.79 Å². The lowest BCUT2D eigenvalue weighted by atomic mass is 10.0. The van der Waals surface area contributed by atoms with Crippen molar-refractivity contribution >= 4 is 14.1 Å². The van der Waals surface area contributed by atoms with Gasteiger partial charge < -0.3 is 9.64 Å². The summed E-state index contributed by atoms with van der Waals surface area (Å²) < 4.78 is 6.66. The van der Waals surface area contributed by atoms with Crippen molar-refractivity contribution in [3.63, 3.8) is 0 Å². The summed E-state index contributed by atoms with van der Waals surface area (Å²) in [5.74, 6) is 0. The van der Waals surface area contributed by atoms with E-state index in [1.807, 2.05) is 35.0 Å². The number of urea groups is 1. The summed E-state index contributed by atoms with van der Waals surface area (Å²) in [4.78, 5) is 17.1. The van der Waals surface area contributed by atoms with E-state index >= 15 is 0 Å². The third kappa shape index (κ3) is 3.61. The SMILES string of the molecule is Cc1cccc([C@@H]2O[C@@H](N3C(=O)N(C)[C@@H](C)[C@H]3c3ccccc3)C=C2[Si](C)(C)C)c1. The smallest absolute Gasteiger partial charge is 0.322 e. The molecule has 5 heteroatoms. The summed E-state index contributed by atoms with van der Waals surface area (Å²) in [6.07, 6.45) is 1.79. The highest BCUT2D eigenvalue weighted by atomic mass is 28.3. The highest BCUT2D eigenvalue weighted by molar-refractivity contribution is 6.83. The summed E-state index contributed by atoms with van der Waals surface area (Å²) in [6, 6.07) is 18.9. The molecule has 0 radical (unpaired) electrons. The zero-order valence-corrected chi connectivity index (χ0v) is 19.8. The normalized spacial score (nSPS) is 27.0. The molecule has 0 spiro atoms. The molecule has 2 aromatic rings. The van der Waals surface area contributed by atoms with Crippen LogP contribution in [0.15, 0.2) is 65.9 Å². The molecule has 0 aliphatic carbocycles. The Balaban J connectivity index is 1.75. The Morgan fingerprint density at radius 1 is 0.967 bits per heavy atom. The van der Waals surface area contributed by atoms with Crippen LogP contribution in [0, 0.1) is 6.92 Å². The number of likely N-dealkylation sites (N-methyl/N-ethyl adjacent to an activating group) is 1. The molecule has 4 atom stereocenters. The van der Waals surface area contributed by atoms with Gasteiger partial charge in [-0.1, -0.05) is 79.8 Å². The fourth-order valence-electron chi connectivity index (χ4n) is 4.65. The largest absolute Gasteiger partial charge is 0.343 e.